The number of amides is 1. The Morgan fingerprint density at radius 1 is 1.46 bits per heavy atom. The minimum Gasteiger partial charge on any atom is -0.383 e. The molecule has 1 saturated heterocycles. The molecule has 1 aromatic rings. The molecule has 0 bridgehead atoms. The lowest BCUT2D eigenvalue weighted by Gasteiger charge is -2.35. The first-order valence-corrected chi connectivity index (χ1v) is 9.50. The summed E-state index contributed by atoms with van der Waals surface area (Å²) in [4.78, 5) is 20.8. The summed E-state index contributed by atoms with van der Waals surface area (Å²) in [7, 11) is 3.73. The van der Waals surface area contributed by atoms with E-state index in [1.165, 1.54) is 18.4 Å². The van der Waals surface area contributed by atoms with Gasteiger partial charge in [0.25, 0.3) is 0 Å². The molecule has 1 aliphatic rings. The van der Waals surface area contributed by atoms with E-state index >= 15 is 0 Å². The molecule has 146 valence electrons. The van der Waals surface area contributed by atoms with Crippen LogP contribution in [0.4, 0.5) is 5.82 Å². The number of anilines is 1. The van der Waals surface area contributed by atoms with Crippen LogP contribution in [0.1, 0.15) is 31.2 Å². The third kappa shape index (κ3) is 6.55. The second-order valence-electron chi connectivity index (χ2n) is 6.90. The number of likely N-dealkylation sites (tertiary alicyclic amines) is 1. The lowest BCUT2D eigenvalue weighted by atomic mass is 10.0. The van der Waals surface area contributed by atoms with Gasteiger partial charge in [0.15, 0.2) is 0 Å². The number of methoxy groups -OCH3 is 1. The van der Waals surface area contributed by atoms with Gasteiger partial charge in [-0.2, -0.15) is 0 Å². The summed E-state index contributed by atoms with van der Waals surface area (Å²) >= 11 is 0. The van der Waals surface area contributed by atoms with Crippen molar-refractivity contribution in [3.05, 3.63) is 23.9 Å². The third-order valence-electron chi connectivity index (χ3n) is 4.87. The Morgan fingerprint density at radius 2 is 2.31 bits per heavy atom. The Balaban J connectivity index is 1.89. The number of nitrogens with two attached hydrogens (primary N) is 1. The van der Waals surface area contributed by atoms with E-state index in [0.717, 1.165) is 31.9 Å². The van der Waals surface area contributed by atoms with Crippen molar-refractivity contribution in [2.24, 2.45) is 5.73 Å². The summed E-state index contributed by atoms with van der Waals surface area (Å²) in [5.41, 5.74) is 6.64. The minimum absolute atomic E-state index is 0.0446. The summed E-state index contributed by atoms with van der Waals surface area (Å²) in [6.45, 7) is 4.53. The topological polar surface area (TPSA) is 83.7 Å². The quantitative estimate of drug-likeness (QED) is 0.645. The first kappa shape index (κ1) is 20.6. The fraction of sp³-hybridized carbons (Fsp3) is 0.684. The van der Waals surface area contributed by atoms with Crippen molar-refractivity contribution in [1.29, 1.82) is 0 Å². The summed E-state index contributed by atoms with van der Waals surface area (Å²) < 4.78 is 5.11. The van der Waals surface area contributed by atoms with Crippen molar-refractivity contribution >= 4 is 11.7 Å². The molecule has 0 saturated carbocycles. The van der Waals surface area contributed by atoms with E-state index in [2.05, 4.69) is 32.2 Å². The van der Waals surface area contributed by atoms with Gasteiger partial charge in [0, 0.05) is 59.0 Å². The van der Waals surface area contributed by atoms with Crippen molar-refractivity contribution in [2.75, 3.05) is 51.8 Å². The molecule has 1 unspecified atom stereocenters. The molecule has 0 aliphatic carbocycles. The Kier molecular flexibility index (Phi) is 8.80. The first-order chi connectivity index (χ1) is 12.6. The van der Waals surface area contributed by atoms with E-state index < -0.39 is 0 Å². The number of pyridine rings is 1. The van der Waals surface area contributed by atoms with Gasteiger partial charge in [0.05, 0.1) is 6.61 Å². The number of carbonyl (C=O) groups excluding carboxylic acids is 1. The highest BCUT2D eigenvalue weighted by Crippen LogP contribution is 2.20. The molecular formula is C19H33N5O2. The van der Waals surface area contributed by atoms with Crippen molar-refractivity contribution in [3.63, 3.8) is 0 Å². The Bertz CT molecular complexity index is 537. The van der Waals surface area contributed by atoms with E-state index in [1.807, 2.05) is 13.2 Å². The van der Waals surface area contributed by atoms with Gasteiger partial charge in [0.1, 0.15) is 5.82 Å². The van der Waals surface area contributed by atoms with Gasteiger partial charge in [-0.15, -0.1) is 0 Å². The number of hydrogen-bond acceptors (Lipinski definition) is 6. The molecule has 0 spiro atoms. The van der Waals surface area contributed by atoms with E-state index in [0.29, 0.717) is 32.2 Å². The van der Waals surface area contributed by atoms with Gasteiger partial charge >= 0.3 is 0 Å². The normalized spacial score (nSPS) is 17.9. The van der Waals surface area contributed by atoms with E-state index in [-0.39, 0.29) is 5.91 Å². The molecule has 1 atom stereocenters. The summed E-state index contributed by atoms with van der Waals surface area (Å²) in [5.74, 6) is 0.998. The van der Waals surface area contributed by atoms with Crippen LogP contribution in [0, 0.1) is 0 Å². The fourth-order valence-electron chi connectivity index (χ4n) is 3.26. The lowest BCUT2D eigenvalue weighted by Crippen LogP contribution is -2.46. The van der Waals surface area contributed by atoms with E-state index in [9.17, 15) is 4.79 Å². The molecule has 1 fully saturated rings. The maximum absolute atomic E-state index is 11.7. The van der Waals surface area contributed by atoms with Gasteiger partial charge in [0.2, 0.25) is 5.91 Å². The Hall–Kier alpha value is -1.70. The largest absolute Gasteiger partial charge is 0.383 e. The van der Waals surface area contributed by atoms with Crippen LogP contribution in [0.5, 0.6) is 0 Å². The van der Waals surface area contributed by atoms with E-state index in [1.54, 1.807) is 7.11 Å². The van der Waals surface area contributed by atoms with Gasteiger partial charge in [-0.05, 0) is 31.0 Å². The van der Waals surface area contributed by atoms with Gasteiger partial charge in [-0.1, -0.05) is 12.5 Å². The maximum Gasteiger partial charge on any atom is 0.221 e. The molecule has 1 aromatic heterocycles. The predicted molar refractivity (Wildman–Crippen MR) is 104 cm³/mol. The SMILES string of the molecule is COCCN(C)c1ccc(CN2CCCCC2CNC(=O)CCN)cn1. The number of aromatic nitrogens is 1. The van der Waals surface area contributed by atoms with E-state index in [4.69, 9.17) is 10.5 Å². The van der Waals surface area contributed by atoms with Crippen LogP contribution < -0.4 is 16.0 Å². The third-order valence-corrected chi connectivity index (χ3v) is 4.87. The number of rotatable bonds is 10. The zero-order chi connectivity index (χ0) is 18.8. The van der Waals surface area contributed by atoms with Gasteiger partial charge < -0.3 is 20.7 Å². The van der Waals surface area contributed by atoms with Crippen LogP contribution >= 0.6 is 0 Å². The summed E-state index contributed by atoms with van der Waals surface area (Å²) in [6, 6.07) is 4.59. The zero-order valence-corrected chi connectivity index (χ0v) is 16.1. The number of piperidine rings is 1. The lowest BCUT2D eigenvalue weighted by molar-refractivity contribution is -0.121. The average Bonchev–Trinajstić information content (AvgIpc) is 2.66. The van der Waals surface area contributed by atoms with Crippen LogP contribution in [0.15, 0.2) is 18.3 Å². The van der Waals surface area contributed by atoms with Crippen molar-refractivity contribution < 1.29 is 9.53 Å². The summed E-state index contributed by atoms with van der Waals surface area (Å²) in [6.07, 6.45) is 5.90. The number of likely N-dealkylation sites (N-methyl/N-ethyl adjacent to an activating group) is 1. The van der Waals surface area contributed by atoms with Gasteiger partial charge in [-0.25, -0.2) is 4.98 Å². The summed E-state index contributed by atoms with van der Waals surface area (Å²) in [5, 5.41) is 3.02. The van der Waals surface area contributed by atoms with Crippen LogP contribution in [0.3, 0.4) is 0 Å². The molecule has 1 amide bonds. The zero-order valence-electron chi connectivity index (χ0n) is 16.1. The minimum atomic E-state index is 0.0446. The predicted octanol–water partition coefficient (Wildman–Crippen LogP) is 0.984. The number of hydrogen-bond donors (Lipinski definition) is 2. The van der Waals surface area contributed by atoms with Crippen LogP contribution in [0.25, 0.3) is 0 Å². The van der Waals surface area contributed by atoms with Crippen LogP contribution in [-0.4, -0.2) is 68.8 Å². The highest BCUT2D eigenvalue weighted by molar-refractivity contribution is 5.76. The van der Waals surface area contributed by atoms with Crippen LogP contribution in [0.2, 0.25) is 0 Å². The number of ether oxygens (including phenoxy) is 1. The molecule has 7 heteroatoms. The maximum atomic E-state index is 11.7. The van der Waals surface area contributed by atoms with Crippen molar-refractivity contribution in [2.45, 2.75) is 38.3 Å². The first-order valence-electron chi connectivity index (χ1n) is 9.50. The number of nitrogens with one attached hydrogen (secondary N) is 1. The average molecular weight is 364 g/mol. The standard InChI is InChI=1S/C19H33N5O2/c1-23(11-12-26-2)18-7-6-16(13-21-18)15-24-10-4-3-5-17(24)14-22-19(25)8-9-20/h6-7,13,17H,3-5,8-12,14-15,20H2,1-2H3,(H,22,25). The molecule has 26 heavy (non-hydrogen) atoms. The van der Waals surface area contributed by atoms with Crippen molar-refractivity contribution in [3.8, 4) is 0 Å². The Morgan fingerprint density at radius 3 is 3.00 bits per heavy atom. The fourth-order valence-corrected chi connectivity index (χ4v) is 3.26. The van der Waals surface area contributed by atoms with Gasteiger partial charge in [-0.3, -0.25) is 9.69 Å². The van der Waals surface area contributed by atoms with Crippen molar-refractivity contribution in [1.82, 2.24) is 15.2 Å². The second-order valence-corrected chi connectivity index (χ2v) is 6.90. The number of nitrogens with zero attached hydrogens (tertiary/aromatic N) is 3. The molecule has 2 heterocycles. The molecule has 1 aliphatic heterocycles. The molecular weight excluding hydrogens is 330 g/mol. The molecule has 2 rings (SSSR count). The Labute approximate surface area is 156 Å². The molecule has 3 N–H and O–H groups in total. The number of carbonyl (C=O) groups is 1. The molecule has 0 aromatic carbocycles. The molecule has 7 nitrogen and oxygen atoms in total. The highest BCUT2D eigenvalue weighted by Gasteiger charge is 2.23. The second kappa shape index (κ2) is 11.1. The smallest absolute Gasteiger partial charge is 0.221 e. The molecule has 0 radical (unpaired) electrons. The monoisotopic (exact) mass is 363 g/mol. The van der Waals surface area contributed by atoms with Crippen LogP contribution in [-0.2, 0) is 16.1 Å². The highest BCUT2D eigenvalue weighted by atomic mass is 16.5.